The molecule has 8 heteroatoms. The second-order valence-electron chi connectivity index (χ2n) is 6.93. The lowest BCUT2D eigenvalue weighted by atomic mass is 10.1. The molecular formula is C20H23N3O4S. The van der Waals surface area contributed by atoms with E-state index in [4.69, 9.17) is 14.6 Å². The highest BCUT2D eigenvalue weighted by molar-refractivity contribution is 7.91. The molecule has 2 aromatic carbocycles. The van der Waals surface area contributed by atoms with E-state index in [0.29, 0.717) is 22.1 Å². The monoisotopic (exact) mass is 401 g/mol. The number of pyridine rings is 1. The number of hydrogen-bond acceptors (Lipinski definition) is 6. The number of rotatable bonds is 6. The predicted octanol–water partition coefficient (Wildman–Crippen LogP) is 3.51. The number of methoxy groups -OCH3 is 1. The van der Waals surface area contributed by atoms with E-state index in [1.807, 2.05) is 18.2 Å². The first-order valence-electron chi connectivity index (χ1n) is 8.62. The van der Waals surface area contributed by atoms with Crippen LogP contribution in [0, 0.1) is 0 Å². The summed E-state index contributed by atoms with van der Waals surface area (Å²) >= 11 is 0. The first-order chi connectivity index (χ1) is 13.2. The second-order valence-corrected chi connectivity index (χ2v) is 8.80. The fourth-order valence-corrected chi connectivity index (χ4v) is 3.66. The van der Waals surface area contributed by atoms with Gasteiger partial charge in [0.1, 0.15) is 27.2 Å². The van der Waals surface area contributed by atoms with Gasteiger partial charge in [-0.3, -0.25) is 4.98 Å². The molecular weight excluding hydrogens is 378 g/mol. The molecule has 1 heterocycles. The second kappa shape index (κ2) is 7.75. The van der Waals surface area contributed by atoms with Crippen LogP contribution in [0.1, 0.15) is 13.8 Å². The van der Waals surface area contributed by atoms with Crippen LogP contribution in [0.15, 0.2) is 64.0 Å². The molecule has 1 atom stereocenters. The first kappa shape index (κ1) is 20.1. The summed E-state index contributed by atoms with van der Waals surface area (Å²) in [7, 11) is -1.49. The molecule has 3 aromatic rings. The van der Waals surface area contributed by atoms with Crippen molar-refractivity contribution in [2.45, 2.75) is 24.3 Å². The SMILES string of the molecule is COc1ccc2c(Oc3ccc(S(N)(=O)=NCC(C)(C)O)cc3)ccnc2c1. The molecule has 3 rings (SSSR count). The zero-order chi connectivity index (χ0) is 20.4. The van der Waals surface area contributed by atoms with E-state index in [9.17, 15) is 9.32 Å². The Kier molecular flexibility index (Phi) is 5.55. The number of nitrogens with zero attached hydrogens (tertiary/aromatic N) is 2. The van der Waals surface area contributed by atoms with Gasteiger partial charge in [-0.25, -0.2) is 13.7 Å². The van der Waals surface area contributed by atoms with Gasteiger partial charge >= 0.3 is 0 Å². The lowest BCUT2D eigenvalue weighted by molar-refractivity contribution is 0.0908. The molecule has 0 aliphatic carbocycles. The van der Waals surface area contributed by atoms with Crippen LogP contribution in [0.25, 0.3) is 10.9 Å². The van der Waals surface area contributed by atoms with Crippen molar-refractivity contribution in [1.82, 2.24) is 4.98 Å². The van der Waals surface area contributed by atoms with Crippen molar-refractivity contribution in [3.05, 3.63) is 54.7 Å². The number of nitrogens with two attached hydrogens (primary N) is 1. The van der Waals surface area contributed by atoms with E-state index in [1.54, 1.807) is 57.5 Å². The molecule has 0 radical (unpaired) electrons. The molecule has 0 fully saturated rings. The van der Waals surface area contributed by atoms with Crippen LogP contribution in [0.3, 0.4) is 0 Å². The maximum Gasteiger partial charge on any atom is 0.138 e. The number of fused-ring (bicyclic) bond motifs is 1. The molecule has 0 amide bonds. The number of aliphatic hydroxyl groups is 1. The average molecular weight is 401 g/mol. The summed E-state index contributed by atoms with van der Waals surface area (Å²) in [4.78, 5) is 4.70. The third-order valence-corrected chi connectivity index (χ3v) is 5.40. The van der Waals surface area contributed by atoms with Gasteiger partial charge in [-0.15, -0.1) is 0 Å². The molecule has 3 N–H and O–H groups in total. The van der Waals surface area contributed by atoms with Crippen LogP contribution in [-0.4, -0.2) is 33.6 Å². The quantitative estimate of drug-likeness (QED) is 0.657. The molecule has 0 saturated heterocycles. The van der Waals surface area contributed by atoms with E-state index in [2.05, 4.69) is 9.35 Å². The van der Waals surface area contributed by atoms with E-state index in [-0.39, 0.29) is 6.54 Å². The smallest absolute Gasteiger partial charge is 0.138 e. The Morgan fingerprint density at radius 1 is 1.14 bits per heavy atom. The zero-order valence-corrected chi connectivity index (χ0v) is 16.8. The molecule has 0 spiro atoms. The Hall–Kier alpha value is -2.68. The van der Waals surface area contributed by atoms with Crippen LogP contribution in [0.5, 0.6) is 17.2 Å². The summed E-state index contributed by atoms with van der Waals surface area (Å²) in [5, 5.41) is 16.4. The fourth-order valence-electron chi connectivity index (χ4n) is 2.48. The normalized spacial score (nSPS) is 13.8. The number of benzene rings is 2. The summed E-state index contributed by atoms with van der Waals surface area (Å²) in [6, 6.07) is 13.9. The highest BCUT2D eigenvalue weighted by Gasteiger charge is 2.14. The Labute approximate surface area is 164 Å². The van der Waals surface area contributed by atoms with Gasteiger partial charge in [0.15, 0.2) is 0 Å². The largest absolute Gasteiger partial charge is 0.497 e. The molecule has 0 bridgehead atoms. The minimum Gasteiger partial charge on any atom is -0.497 e. The fraction of sp³-hybridized carbons (Fsp3) is 0.250. The number of hydrogen-bond donors (Lipinski definition) is 2. The van der Waals surface area contributed by atoms with Gasteiger partial charge in [-0.2, -0.15) is 0 Å². The third kappa shape index (κ3) is 4.78. The van der Waals surface area contributed by atoms with Crippen molar-refractivity contribution in [2.24, 2.45) is 9.50 Å². The summed E-state index contributed by atoms with van der Waals surface area (Å²) in [6.07, 6.45) is 1.66. The molecule has 1 unspecified atom stereocenters. The Balaban J connectivity index is 1.85. The minimum atomic E-state index is -3.09. The van der Waals surface area contributed by atoms with Gasteiger partial charge in [-0.1, -0.05) is 0 Å². The highest BCUT2D eigenvalue weighted by Crippen LogP contribution is 2.31. The lowest BCUT2D eigenvalue weighted by Gasteiger charge is -2.14. The predicted molar refractivity (Wildman–Crippen MR) is 109 cm³/mol. The number of aromatic nitrogens is 1. The molecule has 1 aromatic heterocycles. The zero-order valence-electron chi connectivity index (χ0n) is 16.0. The van der Waals surface area contributed by atoms with E-state index >= 15 is 0 Å². The molecule has 0 aliphatic rings. The van der Waals surface area contributed by atoms with Crippen molar-refractivity contribution in [1.29, 1.82) is 0 Å². The highest BCUT2D eigenvalue weighted by atomic mass is 32.2. The summed E-state index contributed by atoms with van der Waals surface area (Å²) in [5.74, 6) is 1.92. The van der Waals surface area contributed by atoms with Gasteiger partial charge in [0.25, 0.3) is 0 Å². The van der Waals surface area contributed by atoms with Crippen LogP contribution in [0.2, 0.25) is 0 Å². The van der Waals surface area contributed by atoms with Crippen LogP contribution >= 0.6 is 0 Å². The standard InChI is InChI=1S/C20H23N3O4S/c1-20(2,24)13-23-28(21,25)16-7-4-14(5-8-16)27-19-10-11-22-18-12-15(26-3)6-9-17(18)19/h4-12,24H,13H2,1-3H3,(H2,21,23,25). The van der Waals surface area contributed by atoms with Crippen LogP contribution in [-0.2, 0) is 9.92 Å². The van der Waals surface area contributed by atoms with Crippen LogP contribution in [0.4, 0.5) is 0 Å². The van der Waals surface area contributed by atoms with Crippen molar-refractivity contribution in [3.8, 4) is 17.2 Å². The molecule has 0 aliphatic heterocycles. The van der Waals surface area contributed by atoms with Crippen molar-refractivity contribution >= 4 is 20.8 Å². The van der Waals surface area contributed by atoms with Gasteiger partial charge in [0.05, 0.1) is 29.7 Å². The minimum absolute atomic E-state index is 0.0208. The van der Waals surface area contributed by atoms with Gasteiger partial charge < -0.3 is 14.6 Å². The maximum absolute atomic E-state index is 12.6. The first-order valence-corrected chi connectivity index (χ1v) is 10.2. The molecule has 7 nitrogen and oxygen atoms in total. The van der Waals surface area contributed by atoms with E-state index in [1.165, 1.54) is 0 Å². The molecule has 148 valence electrons. The topological polar surface area (TPSA) is 107 Å². The Bertz CT molecular complexity index is 1100. The summed E-state index contributed by atoms with van der Waals surface area (Å²) < 4.78 is 27.7. The van der Waals surface area contributed by atoms with E-state index in [0.717, 1.165) is 10.9 Å². The summed E-state index contributed by atoms with van der Waals surface area (Å²) in [6.45, 7) is 3.14. The maximum atomic E-state index is 12.6. The van der Waals surface area contributed by atoms with Crippen LogP contribution < -0.4 is 14.6 Å². The average Bonchev–Trinajstić information content (AvgIpc) is 2.66. The third-order valence-electron chi connectivity index (χ3n) is 3.94. The van der Waals surface area contributed by atoms with Crippen molar-refractivity contribution < 1.29 is 18.8 Å². The molecule has 0 saturated carbocycles. The van der Waals surface area contributed by atoms with Gasteiger partial charge in [0, 0.05) is 17.6 Å². The van der Waals surface area contributed by atoms with Crippen molar-refractivity contribution in [2.75, 3.05) is 13.7 Å². The Morgan fingerprint density at radius 2 is 1.82 bits per heavy atom. The lowest BCUT2D eigenvalue weighted by Crippen LogP contribution is -2.25. The van der Waals surface area contributed by atoms with Gasteiger partial charge in [-0.05, 0) is 56.3 Å². The van der Waals surface area contributed by atoms with Gasteiger partial charge in [0.2, 0.25) is 0 Å². The van der Waals surface area contributed by atoms with Crippen molar-refractivity contribution in [3.63, 3.8) is 0 Å². The Morgan fingerprint density at radius 3 is 2.46 bits per heavy atom. The van der Waals surface area contributed by atoms with E-state index < -0.39 is 15.5 Å². The number of ether oxygens (including phenoxy) is 2. The molecule has 28 heavy (non-hydrogen) atoms. The summed E-state index contributed by atoms with van der Waals surface area (Å²) in [5.41, 5.74) is -0.320.